The number of alkyl halides is 3. The third-order valence-corrected chi connectivity index (χ3v) is 5.05. The Hall–Kier alpha value is -3.27. The van der Waals surface area contributed by atoms with Gasteiger partial charge in [0.2, 0.25) is 0 Å². The molecule has 0 aliphatic rings. The van der Waals surface area contributed by atoms with Gasteiger partial charge in [-0.25, -0.2) is 9.37 Å². The second-order valence-corrected chi connectivity index (χ2v) is 6.90. The van der Waals surface area contributed by atoms with Gasteiger partial charge >= 0.3 is 6.18 Å². The fourth-order valence-corrected chi connectivity index (χ4v) is 3.40. The first kappa shape index (κ1) is 20.5. The van der Waals surface area contributed by atoms with Gasteiger partial charge in [-0.3, -0.25) is 20.4 Å². The molecule has 0 spiro atoms. The number of hydrazine groups is 1. The number of thiazole rings is 1. The summed E-state index contributed by atoms with van der Waals surface area (Å²) >= 11 is 1.10. The zero-order valence-electron chi connectivity index (χ0n) is 14.8. The van der Waals surface area contributed by atoms with Gasteiger partial charge in [-0.05, 0) is 25.1 Å². The third kappa shape index (κ3) is 4.60. The average Bonchev–Trinajstić information content (AvgIpc) is 3.08. The summed E-state index contributed by atoms with van der Waals surface area (Å²) in [5.74, 6) is -3.19. The number of nitrogens with zero attached hydrogens (tertiary/aromatic N) is 1. The Kier molecular flexibility index (Phi) is 5.64. The number of hydrogen-bond donors (Lipinski definition) is 2. The first-order valence-corrected chi connectivity index (χ1v) is 8.98. The number of aromatic nitrogens is 1. The average molecular weight is 423 g/mol. The number of aryl methyl sites for hydroxylation is 1. The molecule has 5 nitrogen and oxygen atoms in total. The predicted octanol–water partition coefficient (Wildman–Crippen LogP) is 4.35. The van der Waals surface area contributed by atoms with Crippen LogP contribution in [0.3, 0.4) is 0 Å². The highest BCUT2D eigenvalue weighted by molar-refractivity contribution is 7.17. The van der Waals surface area contributed by atoms with E-state index in [0.29, 0.717) is 22.8 Å². The molecular weight excluding hydrogens is 410 g/mol. The van der Waals surface area contributed by atoms with Crippen molar-refractivity contribution in [1.29, 1.82) is 0 Å². The van der Waals surface area contributed by atoms with Crippen LogP contribution in [0.5, 0.6) is 0 Å². The molecule has 0 aliphatic heterocycles. The summed E-state index contributed by atoms with van der Waals surface area (Å²) in [6, 6.07) is 10.9. The molecule has 29 heavy (non-hydrogen) atoms. The van der Waals surface area contributed by atoms with Gasteiger partial charge in [0.15, 0.2) is 0 Å². The van der Waals surface area contributed by atoms with Gasteiger partial charge in [0.25, 0.3) is 11.8 Å². The van der Waals surface area contributed by atoms with E-state index in [4.69, 9.17) is 0 Å². The van der Waals surface area contributed by atoms with Crippen molar-refractivity contribution < 1.29 is 27.2 Å². The summed E-state index contributed by atoms with van der Waals surface area (Å²) in [4.78, 5) is 28.9. The lowest BCUT2D eigenvalue weighted by Crippen LogP contribution is -2.41. The zero-order chi connectivity index (χ0) is 21.2. The van der Waals surface area contributed by atoms with E-state index in [1.807, 2.05) is 35.8 Å². The van der Waals surface area contributed by atoms with E-state index in [9.17, 15) is 27.2 Å². The van der Waals surface area contributed by atoms with Crippen molar-refractivity contribution >= 4 is 23.2 Å². The Morgan fingerprint density at radius 1 is 1.00 bits per heavy atom. The number of nitrogens with one attached hydrogen (secondary N) is 2. The van der Waals surface area contributed by atoms with Crippen molar-refractivity contribution in [2.45, 2.75) is 13.1 Å². The molecule has 2 N–H and O–H groups in total. The van der Waals surface area contributed by atoms with E-state index in [1.165, 1.54) is 0 Å². The Bertz CT molecular complexity index is 1070. The standard InChI is InChI=1S/C19H13F4N3O2S/c1-10-15(29-18(24-10)11-5-3-2-4-6-11)17(28)26-25-16(27)12-7-8-14(20)13(9-12)19(21,22)23/h2-9H,1H3,(H,25,27)(H,26,28). The first-order chi connectivity index (χ1) is 13.7. The van der Waals surface area contributed by atoms with Crippen LogP contribution in [0.4, 0.5) is 17.6 Å². The topological polar surface area (TPSA) is 71.1 Å². The molecule has 1 aromatic heterocycles. The molecule has 0 saturated carbocycles. The lowest BCUT2D eigenvalue weighted by Gasteiger charge is -2.11. The molecule has 0 fully saturated rings. The summed E-state index contributed by atoms with van der Waals surface area (Å²) in [6.45, 7) is 1.62. The third-order valence-electron chi connectivity index (χ3n) is 3.85. The molecule has 3 rings (SSSR count). The minimum Gasteiger partial charge on any atom is -0.267 e. The fraction of sp³-hybridized carbons (Fsp3) is 0.105. The molecule has 150 valence electrons. The Balaban J connectivity index is 1.72. The second kappa shape index (κ2) is 8.00. The van der Waals surface area contributed by atoms with Crippen molar-refractivity contribution in [2.24, 2.45) is 0 Å². The molecule has 2 aromatic carbocycles. The highest BCUT2D eigenvalue weighted by atomic mass is 32.1. The molecule has 0 aliphatic carbocycles. The summed E-state index contributed by atoms with van der Waals surface area (Å²) in [5.41, 5.74) is 3.38. The minimum absolute atomic E-state index is 0.235. The zero-order valence-corrected chi connectivity index (χ0v) is 15.6. The summed E-state index contributed by atoms with van der Waals surface area (Å²) < 4.78 is 51.6. The number of carbonyl (C=O) groups is 2. The van der Waals surface area contributed by atoms with Crippen LogP contribution in [-0.4, -0.2) is 16.8 Å². The molecule has 0 bridgehead atoms. The van der Waals surface area contributed by atoms with Gasteiger partial charge in [0.05, 0.1) is 11.3 Å². The van der Waals surface area contributed by atoms with Gasteiger partial charge in [-0.1, -0.05) is 30.3 Å². The van der Waals surface area contributed by atoms with E-state index in [-0.39, 0.29) is 4.88 Å². The van der Waals surface area contributed by atoms with Crippen molar-refractivity contribution in [3.05, 3.63) is 76.0 Å². The number of amides is 2. The van der Waals surface area contributed by atoms with E-state index >= 15 is 0 Å². The van der Waals surface area contributed by atoms with Crippen molar-refractivity contribution in [2.75, 3.05) is 0 Å². The van der Waals surface area contributed by atoms with E-state index in [1.54, 1.807) is 6.92 Å². The van der Waals surface area contributed by atoms with E-state index in [0.717, 1.165) is 23.0 Å². The van der Waals surface area contributed by atoms with Gasteiger partial charge in [0, 0.05) is 11.1 Å². The van der Waals surface area contributed by atoms with Gasteiger partial charge in [0.1, 0.15) is 15.7 Å². The lowest BCUT2D eigenvalue weighted by molar-refractivity contribution is -0.140. The number of carbonyl (C=O) groups excluding carboxylic acids is 2. The van der Waals surface area contributed by atoms with Crippen LogP contribution in [0.15, 0.2) is 48.5 Å². The molecular formula is C19H13F4N3O2S. The summed E-state index contributed by atoms with van der Waals surface area (Å²) in [6.07, 6.45) is -4.95. The number of rotatable bonds is 3. The summed E-state index contributed by atoms with van der Waals surface area (Å²) in [5, 5.41) is 0.605. The number of benzene rings is 2. The fourth-order valence-electron chi connectivity index (χ4n) is 2.44. The van der Waals surface area contributed by atoms with Crippen LogP contribution >= 0.6 is 11.3 Å². The van der Waals surface area contributed by atoms with Gasteiger partial charge in [-0.15, -0.1) is 11.3 Å². The van der Waals surface area contributed by atoms with Crippen molar-refractivity contribution in [3.8, 4) is 10.6 Å². The SMILES string of the molecule is Cc1nc(-c2ccccc2)sc1C(=O)NNC(=O)c1ccc(F)c(C(F)(F)F)c1. The van der Waals surface area contributed by atoms with Crippen LogP contribution < -0.4 is 10.9 Å². The Labute approximate surface area is 166 Å². The van der Waals surface area contributed by atoms with Crippen LogP contribution in [0, 0.1) is 12.7 Å². The maximum atomic E-state index is 13.3. The first-order valence-electron chi connectivity index (χ1n) is 8.17. The lowest BCUT2D eigenvalue weighted by atomic mass is 10.1. The second-order valence-electron chi connectivity index (χ2n) is 5.90. The smallest absolute Gasteiger partial charge is 0.267 e. The van der Waals surface area contributed by atoms with Crippen molar-refractivity contribution in [3.63, 3.8) is 0 Å². The highest BCUT2D eigenvalue weighted by Crippen LogP contribution is 2.32. The Morgan fingerprint density at radius 3 is 2.31 bits per heavy atom. The maximum absolute atomic E-state index is 13.3. The van der Waals surface area contributed by atoms with E-state index in [2.05, 4.69) is 10.4 Å². The van der Waals surface area contributed by atoms with Crippen molar-refractivity contribution in [1.82, 2.24) is 15.8 Å². The number of hydrogen-bond acceptors (Lipinski definition) is 4. The molecule has 2 amide bonds. The van der Waals surface area contributed by atoms with Gasteiger partial charge < -0.3 is 0 Å². The van der Waals surface area contributed by atoms with Crippen LogP contribution in [0.1, 0.15) is 31.3 Å². The van der Waals surface area contributed by atoms with Crippen LogP contribution in [0.25, 0.3) is 10.6 Å². The van der Waals surface area contributed by atoms with Crippen LogP contribution in [-0.2, 0) is 6.18 Å². The molecule has 10 heteroatoms. The summed E-state index contributed by atoms with van der Waals surface area (Å²) in [7, 11) is 0. The van der Waals surface area contributed by atoms with E-state index < -0.39 is 34.9 Å². The molecule has 0 saturated heterocycles. The van der Waals surface area contributed by atoms with Gasteiger partial charge in [-0.2, -0.15) is 13.2 Å². The Morgan fingerprint density at radius 2 is 1.66 bits per heavy atom. The largest absolute Gasteiger partial charge is 0.419 e. The van der Waals surface area contributed by atoms with Crippen LogP contribution in [0.2, 0.25) is 0 Å². The minimum atomic E-state index is -4.95. The highest BCUT2D eigenvalue weighted by Gasteiger charge is 2.34. The molecule has 0 unspecified atom stereocenters. The predicted molar refractivity (Wildman–Crippen MR) is 98.6 cm³/mol. The molecule has 3 aromatic rings. The quantitative estimate of drug-likeness (QED) is 0.486. The molecule has 0 atom stereocenters. The normalized spacial score (nSPS) is 11.2. The molecule has 1 heterocycles. The molecule has 0 radical (unpaired) electrons. The number of halogens is 4. The maximum Gasteiger partial charge on any atom is 0.419 e. The monoisotopic (exact) mass is 423 g/mol.